The predicted molar refractivity (Wildman–Crippen MR) is 90.2 cm³/mol. The molecule has 23 heavy (non-hydrogen) atoms. The third kappa shape index (κ3) is 2.66. The van der Waals surface area contributed by atoms with Gasteiger partial charge in [-0.15, -0.1) is 11.8 Å². The predicted octanol–water partition coefficient (Wildman–Crippen LogP) is -0.0535. The average Bonchev–Trinajstić information content (AvgIpc) is 3.24. The van der Waals surface area contributed by atoms with Crippen LogP contribution in [0.1, 0.15) is 26.2 Å². The maximum absolute atomic E-state index is 13.0. The standard InChI is InChI=1S/C16H26N4O2S/c1-16-4-2-14(21)20(16)13(11-23-16)15(22)19-7-3-12(10-19)18-8-5-17-6-9-18/h12-13,17H,2-11H2,1H3. The lowest BCUT2D eigenvalue weighted by Crippen LogP contribution is -2.52. The fourth-order valence-corrected chi connectivity index (χ4v) is 5.92. The van der Waals surface area contributed by atoms with E-state index in [1.807, 2.05) is 9.80 Å². The number of carbonyl (C=O) groups excluding carboxylic acids is 2. The van der Waals surface area contributed by atoms with Gasteiger partial charge in [-0.3, -0.25) is 14.5 Å². The van der Waals surface area contributed by atoms with E-state index in [9.17, 15) is 9.59 Å². The molecule has 0 spiro atoms. The van der Waals surface area contributed by atoms with E-state index in [4.69, 9.17) is 0 Å². The van der Waals surface area contributed by atoms with Crippen molar-refractivity contribution in [3.8, 4) is 0 Å². The molecule has 4 saturated heterocycles. The van der Waals surface area contributed by atoms with Crippen LogP contribution in [0.3, 0.4) is 0 Å². The van der Waals surface area contributed by atoms with Gasteiger partial charge in [-0.2, -0.15) is 0 Å². The first-order chi connectivity index (χ1) is 11.1. The smallest absolute Gasteiger partial charge is 0.246 e. The van der Waals surface area contributed by atoms with Gasteiger partial charge in [-0.25, -0.2) is 0 Å². The molecular formula is C16H26N4O2S. The normalized spacial score (nSPS) is 38.4. The van der Waals surface area contributed by atoms with Crippen molar-refractivity contribution < 1.29 is 9.59 Å². The summed E-state index contributed by atoms with van der Waals surface area (Å²) >= 11 is 1.78. The van der Waals surface area contributed by atoms with Crippen LogP contribution in [0.25, 0.3) is 0 Å². The van der Waals surface area contributed by atoms with Gasteiger partial charge in [-0.1, -0.05) is 0 Å². The first kappa shape index (κ1) is 15.7. The second kappa shape index (κ2) is 5.93. The van der Waals surface area contributed by atoms with E-state index in [0.29, 0.717) is 12.5 Å². The lowest BCUT2D eigenvalue weighted by atomic mass is 10.2. The maximum atomic E-state index is 13.0. The van der Waals surface area contributed by atoms with Gasteiger partial charge in [0.05, 0.1) is 4.87 Å². The topological polar surface area (TPSA) is 55.9 Å². The number of rotatable bonds is 2. The minimum atomic E-state index is -0.234. The molecule has 1 N–H and O–H groups in total. The van der Waals surface area contributed by atoms with E-state index in [0.717, 1.165) is 57.9 Å². The van der Waals surface area contributed by atoms with Crippen molar-refractivity contribution in [1.82, 2.24) is 20.0 Å². The monoisotopic (exact) mass is 338 g/mol. The highest BCUT2D eigenvalue weighted by Crippen LogP contribution is 2.47. The molecule has 3 unspecified atom stereocenters. The van der Waals surface area contributed by atoms with E-state index in [2.05, 4.69) is 17.1 Å². The number of hydrogen-bond donors (Lipinski definition) is 1. The quantitative estimate of drug-likeness (QED) is 0.765. The molecule has 2 amide bonds. The summed E-state index contributed by atoms with van der Waals surface area (Å²) in [4.78, 5) is 31.5. The lowest BCUT2D eigenvalue weighted by Gasteiger charge is -2.34. The molecule has 4 rings (SSSR count). The molecule has 128 valence electrons. The van der Waals surface area contributed by atoms with Crippen LogP contribution in [0.4, 0.5) is 0 Å². The summed E-state index contributed by atoms with van der Waals surface area (Å²) in [7, 11) is 0. The Hall–Kier alpha value is -0.790. The third-order valence-electron chi connectivity index (χ3n) is 5.87. The van der Waals surface area contributed by atoms with Crippen LogP contribution in [-0.2, 0) is 9.59 Å². The summed E-state index contributed by atoms with van der Waals surface area (Å²) in [6.45, 7) is 8.04. The lowest BCUT2D eigenvalue weighted by molar-refractivity contribution is -0.143. The van der Waals surface area contributed by atoms with Crippen molar-refractivity contribution in [2.45, 2.75) is 43.1 Å². The van der Waals surface area contributed by atoms with Gasteiger partial charge in [-0.05, 0) is 19.8 Å². The summed E-state index contributed by atoms with van der Waals surface area (Å²) in [6, 6.07) is 0.262. The molecule has 6 nitrogen and oxygen atoms in total. The Kier molecular flexibility index (Phi) is 4.06. The van der Waals surface area contributed by atoms with Gasteiger partial charge >= 0.3 is 0 Å². The fraction of sp³-hybridized carbons (Fsp3) is 0.875. The Morgan fingerprint density at radius 2 is 2.09 bits per heavy atom. The number of hydrogen-bond acceptors (Lipinski definition) is 5. The second-order valence-electron chi connectivity index (χ2n) is 7.28. The van der Waals surface area contributed by atoms with Crippen LogP contribution in [0, 0.1) is 0 Å². The molecule has 4 aliphatic rings. The molecular weight excluding hydrogens is 312 g/mol. The van der Waals surface area contributed by atoms with Crippen LogP contribution in [0.5, 0.6) is 0 Å². The minimum absolute atomic E-state index is 0.144. The molecule has 7 heteroatoms. The van der Waals surface area contributed by atoms with E-state index in [1.54, 1.807) is 11.8 Å². The van der Waals surface area contributed by atoms with Crippen molar-refractivity contribution in [2.75, 3.05) is 45.0 Å². The zero-order valence-electron chi connectivity index (χ0n) is 13.8. The highest BCUT2D eigenvalue weighted by molar-refractivity contribution is 8.01. The minimum Gasteiger partial charge on any atom is -0.339 e. The number of thioether (sulfide) groups is 1. The van der Waals surface area contributed by atoms with Gasteiger partial charge in [0.25, 0.3) is 0 Å². The number of fused-ring (bicyclic) bond motifs is 1. The molecule has 0 bridgehead atoms. The summed E-state index contributed by atoms with van der Waals surface area (Å²) in [5.74, 6) is 1.10. The Balaban J connectivity index is 1.41. The van der Waals surface area contributed by atoms with Gasteiger partial charge in [0.1, 0.15) is 6.04 Å². The third-order valence-corrected chi connectivity index (χ3v) is 7.38. The summed E-state index contributed by atoms with van der Waals surface area (Å²) in [5.41, 5.74) is 0. The van der Waals surface area contributed by atoms with Crippen molar-refractivity contribution in [1.29, 1.82) is 0 Å². The Morgan fingerprint density at radius 3 is 2.87 bits per heavy atom. The van der Waals surface area contributed by atoms with Crippen LogP contribution >= 0.6 is 11.8 Å². The molecule has 0 saturated carbocycles. The largest absolute Gasteiger partial charge is 0.339 e. The second-order valence-corrected chi connectivity index (χ2v) is 8.78. The maximum Gasteiger partial charge on any atom is 0.246 e. The molecule has 0 aromatic carbocycles. The van der Waals surface area contributed by atoms with E-state index in [1.165, 1.54) is 0 Å². The SMILES string of the molecule is CC12CCC(=O)N1C(C(=O)N1CCC(N3CCNCC3)C1)CS2. The van der Waals surface area contributed by atoms with Crippen LogP contribution in [-0.4, -0.2) is 88.5 Å². The molecule has 0 aliphatic carbocycles. The summed E-state index contributed by atoms with van der Waals surface area (Å²) in [6.07, 6.45) is 2.54. The van der Waals surface area contributed by atoms with Gasteiger partial charge in [0, 0.05) is 57.5 Å². The van der Waals surface area contributed by atoms with Crippen LogP contribution in [0.15, 0.2) is 0 Å². The van der Waals surface area contributed by atoms with Crippen molar-refractivity contribution in [2.24, 2.45) is 0 Å². The average molecular weight is 338 g/mol. The van der Waals surface area contributed by atoms with Crippen LogP contribution < -0.4 is 5.32 Å². The van der Waals surface area contributed by atoms with Gasteiger partial charge in [0.2, 0.25) is 11.8 Å². The van der Waals surface area contributed by atoms with Crippen molar-refractivity contribution in [3.05, 3.63) is 0 Å². The number of nitrogens with one attached hydrogen (secondary N) is 1. The summed E-state index contributed by atoms with van der Waals surface area (Å²) < 4.78 is 0. The molecule has 4 heterocycles. The zero-order chi connectivity index (χ0) is 16.0. The first-order valence-corrected chi connectivity index (χ1v) is 9.77. The Labute approximate surface area is 141 Å². The molecule has 0 aromatic rings. The number of piperazine rings is 1. The fourth-order valence-electron chi connectivity index (χ4n) is 4.50. The highest BCUT2D eigenvalue weighted by atomic mass is 32.2. The van der Waals surface area contributed by atoms with E-state index >= 15 is 0 Å². The Bertz CT molecular complexity index is 510. The first-order valence-electron chi connectivity index (χ1n) is 8.78. The zero-order valence-corrected chi connectivity index (χ0v) is 14.6. The molecule has 4 fully saturated rings. The van der Waals surface area contributed by atoms with Gasteiger partial charge < -0.3 is 15.1 Å². The summed E-state index contributed by atoms with van der Waals surface area (Å²) in [5, 5.41) is 3.38. The van der Waals surface area contributed by atoms with E-state index < -0.39 is 0 Å². The van der Waals surface area contributed by atoms with Crippen molar-refractivity contribution in [3.63, 3.8) is 0 Å². The molecule has 0 radical (unpaired) electrons. The number of likely N-dealkylation sites (tertiary alicyclic amines) is 1. The van der Waals surface area contributed by atoms with Gasteiger partial charge in [0.15, 0.2) is 0 Å². The number of nitrogens with zero attached hydrogens (tertiary/aromatic N) is 3. The highest BCUT2D eigenvalue weighted by Gasteiger charge is 2.54. The molecule has 3 atom stereocenters. The Morgan fingerprint density at radius 1 is 1.30 bits per heavy atom. The van der Waals surface area contributed by atoms with E-state index in [-0.39, 0.29) is 22.7 Å². The molecule has 4 aliphatic heterocycles. The number of amides is 2. The van der Waals surface area contributed by atoms with Crippen LogP contribution in [0.2, 0.25) is 0 Å². The number of carbonyl (C=O) groups is 2. The van der Waals surface area contributed by atoms with Crippen molar-refractivity contribution >= 4 is 23.6 Å². The molecule has 0 aromatic heterocycles.